The van der Waals surface area contributed by atoms with Gasteiger partial charge in [0, 0.05) is 0 Å². The van der Waals surface area contributed by atoms with Crippen LogP contribution in [-0.2, 0) is 4.79 Å². The van der Waals surface area contributed by atoms with Gasteiger partial charge >= 0.3 is 0 Å². The van der Waals surface area contributed by atoms with E-state index in [9.17, 15) is 4.79 Å². The SMILES string of the molecule is COc1cc(C=NNC(=O)COc2ccc(C)c(C)c2)cc(I)c1OC. The van der Waals surface area contributed by atoms with Crippen molar-refractivity contribution in [2.75, 3.05) is 20.8 Å². The lowest BCUT2D eigenvalue weighted by Crippen LogP contribution is -2.24. The van der Waals surface area contributed by atoms with Crippen LogP contribution in [0.1, 0.15) is 16.7 Å². The van der Waals surface area contributed by atoms with E-state index in [2.05, 4.69) is 33.1 Å². The van der Waals surface area contributed by atoms with Crippen LogP contribution >= 0.6 is 22.6 Å². The molecule has 0 spiro atoms. The number of ether oxygens (including phenoxy) is 3. The second-order valence-corrected chi connectivity index (χ2v) is 6.73. The molecular weight excluding hydrogens is 447 g/mol. The Balaban J connectivity index is 1.92. The van der Waals surface area contributed by atoms with Crippen molar-refractivity contribution in [3.05, 3.63) is 50.6 Å². The maximum atomic E-state index is 11.9. The zero-order chi connectivity index (χ0) is 19.1. The number of carbonyl (C=O) groups excluding carboxylic acids is 1. The minimum absolute atomic E-state index is 0.108. The minimum atomic E-state index is -0.338. The number of nitrogens with one attached hydrogen (secondary N) is 1. The van der Waals surface area contributed by atoms with Crippen molar-refractivity contribution in [3.63, 3.8) is 0 Å². The number of hydrazone groups is 1. The van der Waals surface area contributed by atoms with Gasteiger partial charge in [0.2, 0.25) is 0 Å². The predicted octanol–water partition coefficient (Wildman–Crippen LogP) is 3.45. The van der Waals surface area contributed by atoms with E-state index >= 15 is 0 Å². The fourth-order valence-electron chi connectivity index (χ4n) is 2.18. The van der Waals surface area contributed by atoms with Gasteiger partial charge in [0.15, 0.2) is 18.1 Å². The molecule has 0 bridgehead atoms. The van der Waals surface area contributed by atoms with Gasteiger partial charge in [0.05, 0.1) is 24.0 Å². The Morgan fingerprint density at radius 2 is 1.92 bits per heavy atom. The molecule has 0 aliphatic heterocycles. The van der Waals surface area contributed by atoms with E-state index in [4.69, 9.17) is 14.2 Å². The van der Waals surface area contributed by atoms with E-state index in [0.717, 1.165) is 14.7 Å². The first-order valence-electron chi connectivity index (χ1n) is 7.88. The molecule has 7 heteroatoms. The summed E-state index contributed by atoms with van der Waals surface area (Å²) in [6, 6.07) is 9.35. The second-order valence-electron chi connectivity index (χ2n) is 5.57. The summed E-state index contributed by atoms with van der Waals surface area (Å²) in [5.41, 5.74) is 5.52. The van der Waals surface area contributed by atoms with Gasteiger partial charge in [-0.3, -0.25) is 4.79 Å². The van der Waals surface area contributed by atoms with E-state index < -0.39 is 0 Å². The Hall–Kier alpha value is -2.29. The van der Waals surface area contributed by atoms with Crippen molar-refractivity contribution in [1.82, 2.24) is 5.43 Å². The van der Waals surface area contributed by atoms with Crippen molar-refractivity contribution in [1.29, 1.82) is 0 Å². The highest BCUT2D eigenvalue weighted by atomic mass is 127. The van der Waals surface area contributed by atoms with E-state index in [1.54, 1.807) is 20.3 Å². The summed E-state index contributed by atoms with van der Waals surface area (Å²) in [7, 11) is 3.16. The van der Waals surface area contributed by atoms with Crippen molar-refractivity contribution in [2.45, 2.75) is 13.8 Å². The van der Waals surface area contributed by atoms with Crippen LogP contribution in [0, 0.1) is 17.4 Å². The molecule has 0 radical (unpaired) electrons. The van der Waals surface area contributed by atoms with Gasteiger partial charge < -0.3 is 14.2 Å². The summed E-state index contributed by atoms with van der Waals surface area (Å²) < 4.78 is 16.9. The summed E-state index contributed by atoms with van der Waals surface area (Å²) in [6.07, 6.45) is 1.54. The Morgan fingerprint density at radius 1 is 1.15 bits per heavy atom. The number of benzene rings is 2. The van der Waals surface area contributed by atoms with Crippen LogP contribution in [0.2, 0.25) is 0 Å². The van der Waals surface area contributed by atoms with Crippen LogP contribution in [-0.4, -0.2) is 32.9 Å². The first kappa shape index (κ1) is 20.0. The molecule has 138 valence electrons. The molecule has 2 aromatic carbocycles. The molecule has 0 aliphatic rings. The number of hydrogen-bond donors (Lipinski definition) is 1. The third kappa shape index (κ3) is 5.35. The third-order valence-corrected chi connectivity index (χ3v) is 4.51. The van der Waals surface area contributed by atoms with Crippen LogP contribution in [0.15, 0.2) is 35.4 Å². The summed E-state index contributed by atoms with van der Waals surface area (Å²) in [5, 5.41) is 3.95. The summed E-state index contributed by atoms with van der Waals surface area (Å²) in [5.74, 6) is 1.58. The van der Waals surface area contributed by atoms with Gasteiger partial charge in [0.25, 0.3) is 5.91 Å². The van der Waals surface area contributed by atoms with Crippen molar-refractivity contribution < 1.29 is 19.0 Å². The zero-order valence-corrected chi connectivity index (χ0v) is 17.3. The molecule has 0 saturated heterocycles. The molecule has 0 fully saturated rings. The number of hydrogen-bond acceptors (Lipinski definition) is 5. The summed E-state index contributed by atoms with van der Waals surface area (Å²) >= 11 is 2.15. The lowest BCUT2D eigenvalue weighted by molar-refractivity contribution is -0.123. The predicted molar refractivity (Wildman–Crippen MR) is 109 cm³/mol. The molecule has 26 heavy (non-hydrogen) atoms. The van der Waals surface area contributed by atoms with Gasteiger partial charge in [-0.05, 0) is 77.4 Å². The highest BCUT2D eigenvalue weighted by Gasteiger charge is 2.09. The highest BCUT2D eigenvalue weighted by Crippen LogP contribution is 2.32. The lowest BCUT2D eigenvalue weighted by atomic mass is 10.1. The fraction of sp³-hybridized carbons (Fsp3) is 0.263. The number of methoxy groups -OCH3 is 2. The van der Waals surface area contributed by atoms with Crippen molar-refractivity contribution in [2.24, 2.45) is 5.10 Å². The molecule has 1 N–H and O–H groups in total. The second kappa shape index (κ2) is 9.42. The van der Waals surface area contributed by atoms with E-state index in [0.29, 0.717) is 17.2 Å². The lowest BCUT2D eigenvalue weighted by Gasteiger charge is -2.10. The van der Waals surface area contributed by atoms with E-state index in [1.807, 2.05) is 38.1 Å². The van der Waals surface area contributed by atoms with E-state index in [1.165, 1.54) is 11.8 Å². The summed E-state index contributed by atoms with van der Waals surface area (Å²) in [6.45, 7) is 3.91. The molecule has 1 amide bonds. The molecule has 0 aromatic heterocycles. The molecular formula is C19H21IN2O4. The number of amides is 1. The number of carbonyl (C=O) groups is 1. The number of nitrogens with zero attached hydrogens (tertiary/aromatic N) is 1. The molecule has 0 aliphatic carbocycles. The van der Waals surface area contributed by atoms with Crippen LogP contribution in [0.25, 0.3) is 0 Å². The topological polar surface area (TPSA) is 69.2 Å². The smallest absolute Gasteiger partial charge is 0.277 e. The Labute approximate surface area is 166 Å². The van der Waals surface area contributed by atoms with Gasteiger partial charge in [-0.1, -0.05) is 6.07 Å². The third-order valence-electron chi connectivity index (χ3n) is 3.71. The Morgan fingerprint density at radius 3 is 2.58 bits per heavy atom. The molecule has 0 heterocycles. The summed E-state index contributed by atoms with van der Waals surface area (Å²) in [4.78, 5) is 11.9. The minimum Gasteiger partial charge on any atom is -0.493 e. The highest BCUT2D eigenvalue weighted by molar-refractivity contribution is 14.1. The zero-order valence-electron chi connectivity index (χ0n) is 15.1. The van der Waals surface area contributed by atoms with Gasteiger partial charge in [0.1, 0.15) is 5.75 Å². The molecule has 0 unspecified atom stereocenters. The average molecular weight is 468 g/mol. The molecule has 6 nitrogen and oxygen atoms in total. The number of aryl methyl sites for hydroxylation is 2. The van der Waals surface area contributed by atoms with Crippen LogP contribution in [0.4, 0.5) is 0 Å². The van der Waals surface area contributed by atoms with Crippen molar-refractivity contribution in [3.8, 4) is 17.2 Å². The first-order chi connectivity index (χ1) is 12.4. The monoisotopic (exact) mass is 468 g/mol. The molecule has 2 aromatic rings. The molecule has 0 atom stereocenters. The Bertz CT molecular complexity index is 821. The Kier molecular flexibility index (Phi) is 7.26. The van der Waals surface area contributed by atoms with Crippen LogP contribution in [0.5, 0.6) is 17.2 Å². The quantitative estimate of drug-likeness (QED) is 0.384. The van der Waals surface area contributed by atoms with Crippen LogP contribution < -0.4 is 19.6 Å². The van der Waals surface area contributed by atoms with Gasteiger partial charge in [-0.2, -0.15) is 5.10 Å². The van der Waals surface area contributed by atoms with Gasteiger partial charge in [-0.15, -0.1) is 0 Å². The van der Waals surface area contributed by atoms with E-state index in [-0.39, 0.29) is 12.5 Å². The maximum absolute atomic E-state index is 11.9. The number of rotatable bonds is 7. The standard InChI is InChI=1S/C19H21IN2O4/c1-12-5-6-15(7-13(12)2)26-11-18(23)22-21-10-14-8-16(20)19(25-4)17(9-14)24-3/h5-10H,11H2,1-4H3,(H,22,23). The largest absolute Gasteiger partial charge is 0.493 e. The van der Waals surface area contributed by atoms with Gasteiger partial charge in [-0.25, -0.2) is 5.43 Å². The average Bonchev–Trinajstić information content (AvgIpc) is 2.62. The first-order valence-corrected chi connectivity index (χ1v) is 8.96. The van der Waals surface area contributed by atoms with Crippen LogP contribution in [0.3, 0.4) is 0 Å². The molecule has 0 saturated carbocycles. The number of halogens is 1. The normalized spacial score (nSPS) is 10.7. The maximum Gasteiger partial charge on any atom is 0.277 e. The molecule has 2 rings (SSSR count). The fourth-order valence-corrected chi connectivity index (χ4v) is 3.02. The van der Waals surface area contributed by atoms with Crippen molar-refractivity contribution >= 4 is 34.7 Å².